The molecule has 1 rings (SSSR count). The van der Waals surface area contributed by atoms with Crippen molar-refractivity contribution in [2.75, 3.05) is 5.75 Å². The number of carbonyl (C=O) groups excluding carboxylic acids is 1. The van der Waals surface area contributed by atoms with Gasteiger partial charge in [0.25, 0.3) is 0 Å². The van der Waals surface area contributed by atoms with Crippen molar-refractivity contribution in [2.24, 2.45) is 5.92 Å². The molecule has 0 radical (unpaired) electrons. The number of ketones is 1. The lowest BCUT2D eigenvalue weighted by Crippen LogP contribution is -2.31. The van der Waals surface area contributed by atoms with Crippen molar-refractivity contribution in [3.05, 3.63) is 33.8 Å². The lowest BCUT2D eigenvalue weighted by molar-refractivity contribution is 0.0991. The highest BCUT2D eigenvalue weighted by atomic mass is 35.5. The summed E-state index contributed by atoms with van der Waals surface area (Å²) in [4.78, 5) is 12.3. The van der Waals surface area contributed by atoms with Gasteiger partial charge in [0, 0.05) is 10.6 Å². The number of sulfone groups is 1. The fourth-order valence-electron chi connectivity index (χ4n) is 1.73. The van der Waals surface area contributed by atoms with Crippen LogP contribution in [0.5, 0.6) is 0 Å². The molecule has 6 heteroatoms. The summed E-state index contributed by atoms with van der Waals surface area (Å²) in [7, 11) is -3.49. The highest BCUT2D eigenvalue weighted by molar-refractivity contribution is 7.92. The summed E-state index contributed by atoms with van der Waals surface area (Å²) in [6, 6.07) is 4.42. The molecule has 0 heterocycles. The Morgan fingerprint density at radius 1 is 1.25 bits per heavy atom. The first-order valence-electron chi connectivity index (χ1n) is 6.39. The predicted molar refractivity (Wildman–Crippen MR) is 83.5 cm³/mol. The van der Waals surface area contributed by atoms with E-state index in [4.69, 9.17) is 23.2 Å². The van der Waals surface area contributed by atoms with Crippen LogP contribution in [0.1, 0.15) is 37.6 Å². The van der Waals surface area contributed by atoms with Gasteiger partial charge in [-0.1, -0.05) is 43.5 Å². The second kappa shape index (κ2) is 6.92. The molecular weight excluding hydrogens is 319 g/mol. The van der Waals surface area contributed by atoms with Crippen LogP contribution < -0.4 is 0 Å². The molecule has 0 amide bonds. The maximum atomic E-state index is 12.3. The Morgan fingerprint density at radius 3 is 2.35 bits per heavy atom. The maximum absolute atomic E-state index is 12.3. The monoisotopic (exact) mass is 336 g/mol. The molecule has 112 valence electrons. The molecule has 0 saturated heterocycles. The molecule has 0 aromatic heterocycles. The third-order valence-electron chi connectivity index (χ3n) is 3.32. The van der Waals surface area contributed by atoms with Crippen molar-refractivity contribution in [1.82, 2.24) is 0 Å². The fourth-order valence-corrected chi connectivity index (χ4v) is 4.00. The van der Waals surface area contributed by atoms with Crippen molar-refractivity contribution in [2.45, 2.75) is 32.4 Å². The lowest BCUT2D eigenvalue weighted by Gasteiger charge is -2.15. The first-order chi connectivity index (χ1) is 9.19. The smallest absolute Gasteiger partial charge is 0.182 e. The molecule has 1 aromatic carbocycles. The van der Waals surface area contributed by atoms with Crippen LogP contribution in [0.3, 0.4) is 0 Å². The van der Waals surface area contributed by atoms with E-state index >= 15 is 0 Å². The third kappa shape index (κ3) is 4.21. The van der Waals surface area contributed by atoms with Crippen molar-refractivity contribution in [3.63, 3.8) is 0 Å². The molecule has 0 bridgehead atoms. The zero-order valence-corrected chi connectivity index (χ0v) is 14.0. The topological polar surface area (TPSA) is 51.2 Å². The normalized spacial score (nSPS) is 14.8. The quantitative estimate of drug-likeness (QED) is 0.737. The van der Waals surface area contributed by atoms with Gasteiger partial charge in [-0.05, 0) is 31.0 Å². The van der Waals surface area contributed by atoms with Gasteiger partial charge in [0.1, 0.15) is 5.25 Å². The molecule has 0 saturated carbocycles. The van der Waals surface area contributed by atoms with E-state index in [1.165, 1.54) is 25.1 Å². The Labute approximate surface area is 130 Å². The highest BCUT2D eigenvalue weighted by Crippen LogP contribution is 2.24. The maximum Gasteiger partial charge on any atom is 0.182 e. The molecule has 2 unspecified atom stereocenters. The summed E-state index contributed by atoms with van der Waals surface area (Å²) >= 11 is 11.7. The van der Waals surface area contributed by atoms with Crippen LogP contribution in [0.25, 0.3) is 0 Å². The van der Waals surface area contributed by atoms with E-state index in [0.29, 0.717) is 5.02 Å². The first-order valence-corrected chi connectivity index (χ1v) is 8.87. The van der Waals surface area contributed by atoms with Gasteiger partial charge in [0.05, 0.1) is 10.8 Å². The van der Waals surface area contributed by atoms with Crippen LogP contribution in [-0.4, -0.2) is 25.2 Å². The van der Waals surface area contributed by atoms with Gasteiger partial charge in [0.2, 0.25) is 0 Å². The first kappa shape index (κ1) is 17.5. The molecule has 1 aromatic rings. The standard InChI is InChI=1S/C14H18Cl2O3S/c1-4-9(2)8-20(18,19)10(3)14(17)12-6-5-11(15)7-13(12)16/h5-7,9-10H,4,8H2,1-3H3. The van der Waals surface area contributed by atoms with E-state index in [1.54, 1.807) is 0 Å². The zero-order chi connectivity index (χ0) is 15.5. The number of carbonyl (C=O) groups is 1. The Morgan fingerprint density at radius 2 is 1.85 bits per heavy atom. The summed E-state index contributed by atoms with van der Waals surface area (Å²) in [5.74, 6) is -0.465. The number of benzene rings is 1. The average Bonchev–Trinajstić information content (AvgIpc) is 2.36. The van der Waals surface area contributed by atoms with E-state index < -0.39 is 20.9 Å². The van der Waals surface area contributed by atoms with Gasteiger partial charge in [-0.2, -0.15) is 0 Å². The van der Waals surface area contributed by atoms with Crippen molar-refractivity contribution >= 4 is 38.8 Å². The molecule has 0 N–H and O–H groups in total. The van der Waals surface area contributed by atoms with Crippen molar-refractivity contribution < 1.29 is 13.2 Å². The Hall–Kier alpha value is -0.580. The van der Waals surface area contributed by atoms with Crippen LogP contribution in [0, 0.1) is 5.92 Å². The van der Waals surface area contributed by atoms with Gasteiger partial charge in [-0.25, -0.2) is 8.42 Å². The number of rotatable bonds is 6. The number of halogens is 2. The lowest BCUT2D eigenvalue weighted by atomic mass is 10.1. The fraction of sp³-hybridized carbons (Fsp3) is 0.500. The Balaban J connectivity index is 3.02. The molecule has 0 spiro atoms. The van der Waals surface area contributed by atoms with Crippen LogP contribution in [0.2, 0.25) is 10.0 Å². The minimum atomic E-state index is -3.49. The molecule has 2 atom stereocenters. The molecule has 0 aliphatic rings. The molecular formula is C14H18Cl2O3S. The predicted octanol–water partition coefficient (Wildman–Crippen LogP) is 4.03. The van der Waals surface area contributed by atoms with Gasteiger partial charge in [-0.3, -0.25) is 4.79 Å². The molecule has 0 aliphatic carbocycles. The van der Waals surface area contributed by atoms with E-state index in [0.717, 1.165) is 6.42 Å². The summed E-state index contributed by atoms with van der Waals surface area (Å²) < 4.78 is 24.4. The van der Waals surface area contributed by atoms with E-state index in [9.17, 15) is 13.2 Å². The highest BCUT2D eigenvalue weighted by Gasteiger charge is 2.30. The SMILES string of the molecule is CCC(C)CS(=O)(=O)C(C)C(=O)c1ccc(Cl)cc1Cl. The Kier molecular flexibility index (Phi) is 6.05. The second-order valence-corrected chi connectivity index (χ2v) is 8.18. The van der Waals surface area contributed by atoms with Crippen molar-refractivity contribution in [3.8, 4) is 0 Å². The largest absolute Gasteiger partial charge is 0.293 e. The van der Waals surface area contributed by atoms with Crippen LogP contribution in [0.15, 0.2) is 18.2 Å². The van der Waals surface area contributed by atoms with E-state index in [-0.39, 0.29) is 22.3 Å². The van der Waals surface area contributed by atoms with Crippen LogP contribution >= 0.6 is 23.2 Å². The third-order valence-corrected chi connectivity index (χ3v) is 6.19. The van der Waals surface area contributed by atoms with Crippen molar-refractivity contribution in [1.29, 1.82) is 0 Å². The van der Waals surface area contributed by atoms with Crippen LogP contribution in [-0.2, 0) is 9.84 Å². The van der Waals surface area contributed by atoms with Gasteiger partial charge in [0.15, 0.2) is 15.6 Å². The number of hydrogen-bond donors (Lipinski definition) is 0. The minimum absolute atomic E-state index is 0.00160. The Bertz CT molecular complexity index is 596. The number of hydrogen-bond acceptors (Lipinski definition) is 3. The van der Waals surface area contributed by atoms with Crippen LogP contribution in [0.4, 0.5) is 0 Å². The summed E-state index contributed by atoms with van der Waals surface area (Å²) in [6.07, 6.45) is 0.752. The summed E-state index contributed by atoms with van der Waals surface area (Å²) in [5, 5.41) is -0.523. The molecule has 0 fully saturated rings. The summed E-state index contributed by atoms with van der Waals surface area (Å²) in [6.45, 7) is 5.18. The zero-order valence-electron chi connectivity index (χ0n) is 11.7. The molecule has 20 heavy (non-hydrogen) atoms. The van der Waals surface area contributed by atoms with Gasteiger partial charge in [-0.15, -0.1) is 0 Å². The molecule has 0 aliphatic heterocycles. The molecule has 3 nitrogen and oxygen atoms in total. The van der Waals surface area contributed by atoms with E-state index in [1.807, 2.05) is 13.8 Å². The second-order valence-electron chi connectivity index (χ2n) is 4.97. The average molecular weight is 337 g/mol. The van der Waals surface area contributed by atoms with Gasteiger partial charge >= 0.3 is 0 Å². The van der Waals surface area contributed by atoms with E-state index in [2.05, 4.69) is 0 Å². The number of Topliss-reactive ketones (excluding diaryl/α,β-unsaturated/α-hetero) is 1. The summed E-state index contributed by atoms with van der Waals surface area (Å²) in [5.41, 5.74) is 0.191. The minimum Gasteiger partial charge on any atom is -0.293 e. The van der Waals surface area contributed by atoms with Gasteiger partial charge < -0.3 is 0 Å².